The van der Waals surface area contributed by atoms with E-state index in [4.69, 9.17) is 4.74 Å². The lowest BCUT2D eigenvalue weighted by molar-refractivity contribution is 0.217. The standard InChI is InChI=1S/C16H20N2O2/c1-4-7-20-14-8-13(9-17-10-14)16(19)15-6-5-11(2)18-12(15)3/h5-6,8-10,16,19H,4,7H2,1-3H3. The Morgan fingerprint density at radius 1 is 1.25 bits per heavy atom. The number of aryl methyl sites for hydroxylation is 2. The first-order valence-electron chi connectivity index (χ1n) is 6.81. The normalized spacial score (nSPS) is 12.2. The van der Waals surface area contributed by atoms with Gasteiger partial charge in [-0.15, -0.1) is 0 Å². The van der Waals surface area contributed by atoms with Gasteiger partial charge in [-0.05, 0) is 32.4 Å². The van der Waals surface area contributed by atoms with E-state index in [2.05, 4.69) is 9.97 Å². The maximum atomic E-state index is 10.5. The number of aliphatic hydroxyl groups excluding tert-OH is 1. The third-order valence-electron chi connectivity index (χ3n) is 3.08. The topological polar surface area (TPSA) is 55.2 Å². The van der Waals surface area contributed by atoms with Crippen molar-refractivity contribution in [1.82, 2.24) is 9.97 Å². The average molecular weight is 272 g/mol. The smallest absolute Gasteiger partial charge is 0.137 e. The molecule has 0 amide bonds. The molecule has 2 heterocycles. The molecule has 0 aliphatic rings. The first-order valence-corrected chi connectivity index (χ1v) is 6.81. The fourth-order valence-electron chi connectivity index (χ4n) is 2.05. The third-order valence-corrected chi connectivity index (χ3v) is 3.08. The van der Waals surface area contributed by atoms with Crippen molar-refractivity contribution >= 4 is 0 Å². The van der Waals surface area contributed by atoms with Gasteiger partial charge >= 0.3 is 0 Å². The Kier molecular flexibility index (Phi) is 4.69. The summed E-state index contributed by atoms with van der Waals surface area (Å²) in [6.45, 7) is 6.53. The first kappa shape index (κ1) is 14.5. The number of nitrogens with zero attached hydrogens (tertiary/aromatic N) is 2. The van der Waals surface area contributed by atoms with Gasteiger partial charge in [-0.3, -0.25) is 9.97 Å². The van der Waals surface area contributed by atoms with Gasteiger partial charge in [-0.2, -0.15) is 0 Å². The van der Waals surface area contributed by atoms with E-state index in [1.54, 1.807) is 12.4 Å². The summed E-state index contributed by atoms with van der Waals surface area (Å²) < 4.78 is 5.54. The van der Waals surface area contributed by atoms with Crippen molar-refractivity contribution in [2.45, 2.75) is 33.3 Å². The van der Waals surface area contributed by atoms with Crippen LogP contribution in [0.2, 0.25) is 0 Å². The number of aromatic nitrogens is 2. The molecule has 2 aromatic rings. The fourth-order valence-corrected chi connectivity index (χ4v) is 2.05. The van der Waals surface area contributed by atoms with Crippen molar-refractivity contribution in [3.05, 3.63) is 53.1 Å². The van der Waals surface area contributed by atoms with E-state index in [1.807, 2.05) is 39.0 Å². The molecule has 20 heavy (non-hydrogen) atoms. The van der Waals surface area contributed by atoms with Gasteiger partial charge in [-0.25, -0.2) is 0 Å². The summed E-state index contributed by atoms with van der Waals surface area (Å²) in [7, 11) is 0. The summed E-state index contributed by atoms with van der Waals surface area (Å²) in [5.41, 5.74) is 3.28. The maximum Gasteiger partial charge on any atom is 0.137 e. The lowest BCUT2D eigenvalue weighted by Crippen LogP contribution is -2.05. The summed E-state index contributed by atoms with van der Waals surface area (Å²) in [6, 6.07) is 5.63. The van der Waals surface area contributed by atoms with Gasteiger partial charge in [-0.1, -0.05) is 13.0 Å². The average Bonchev–Trinajstić information content (AvgIpc) is 2.45. The molecule has 1 atom stereocenters. The molecule has 2 rings (SSSR count). The van der Waals surface area contributed by atoms with Crippen molar-refractivity contribution in [3.8, 4) is 5.75 Å². The molecule has 0 bridgehead atoms. The maximum absolute atomic E-state index is 10.5. The predicted molar refractivity (Wildman–Crippen MR) is 77.8 cm³/mol. The highest BCUT2D eigenvalue weighted by atomic mass is 16.5. The minimum atomic E-state index is -0.735. The van der Waals surface area contributed by atoms with E-state index in [9.17, 15) is 5.11 Å². The van der Waals surface area contributed by atoms with E-state index in [1.165, 1.54) is 0 Å². The number of ether oxygens (including phenoxy) is 1. The Bertz CT molecular complexity index is 584. The molecule has 2 aromatic heterocycles. The van der Waals surface area contributed by atoms with Crippen LogP contribution in [0.1, 0.15) is 42.0 Å². The van der Waals surface area contributed by atoms with Gasteiger partial charge in [0.1, 0.15) is 11.9 Å². The third kappa shape index (κ3) is 3.33. The van der Waals surface area contributed by atoms with Crippen LogP contribution >= 0.6 is 0 Å². The molecular formula is C16H20N2O2. The molecule has 0 aliphatic carbocycles. The van der Waals surface area contributed by atoms with Gasteiger partial charge in [0.25, 0.3) is 0 Å². The van der Waals surface area contributed by atoms with E-state index in [-0.39, 0.29) is 0 Å². The Hall–Kier alpha value is -1.94. The van der Waals surface area contributed by atoms with Crippen molar-refractivity contribution in [2.24, 2.45) is 0 Å². The minimum absolute atomic E-state index is 0.645. The van der Waals surface area contributed by atoms with Crippen molar-refractivity contribution in [3.63, 3.8) is 0 Å². The zero-order valence-corrected chi connectivity index (χ0v) is 12.1. The van der Waals surface area contributed by atoms with Crippen LogP contribution in [0.4, 0.5) is 0 Å². The van der Waals surface area contributed by atoms with Crippen molar-refractivity contribution in [2.75, 3.05) is 6.61 Å². The highest BCUT2D eigenvalue weighted by molar-refractivity contribution is 5.34. The zero-order valence-electron chi connectivity index (χ0n) is 12.1. The van der Waals surface area contributed by atoms with Gasteiger partial charge in [0, 0.05) is 28.7 Å². The van der Waals surface area contributed by atoms with Crippen LogP contribution in [0.3, 0.4) is 0 Å². The highest BCUT2D eigenvalue weighted by Gasteiger charge is 2.15. The lowest BCUT2D eigenvalue weighted by atomic mass is 10.0. The SMILES string of the molecule is CCCOc1cncc(C(O)c2ccc(C)nc2C)c1. The summed E-state index contributed by atoms with van der Waals surface area (Å²) in [5, 5.41) is 10.5. The van der Waals surface area contributed by atoms with Crippen LogP contribution < -0.4 is 4.74 Å². The van der Waals surface area contributed by atoms with Crippen LogP contribution in [-0.2, 0) is 0 Å². The van der Waals surface area contributed by atoms with Crippen LogP contribution in [-0.4, -0.2) is 21.7 Å². The van der Waals surface area contributed by atoms with Gasteiger partial charge < -0.3 is 9.84 Å². The summed E-state index contributed by atoms with van der Waals surface area (Å²) >= 11 is 0. The second-order valence-corrected chi connectivity index (χ2v) is 4.83. The highest BCUT2D eigenvalue weighted by Crippen LogP contribution is 2.25. The Balaban J connectivity index is 2.26. The number of hydrogen-bond donors (Lipinski definition) is 1. The van der Waals surface area contributed by atoms with Crippen LogP contribution in [0.5, 0.6) is 5.75 Å². The predicted octanol–water partition coefficient (Wildman–Crippen LogP) is 2.96. The first-order chi connectivity index (χ1) is 9.61. The van der Waals surface area contributed by atoms with Crippen LogP contribution in [0.25, 0.3) is 0 Å². The number of pyridine rings is 2. The Morgan fingerprint density at radius 2 is 2.05 bits per heavy atom. The van der Waals surface area contributed by atoms with E-state index >= 15 is 0 Å². The van der Waals surface area contributed by atoms with E-state index in [0.29, 0.717) is 17.9 Å². The molecule has 1 N–H and O–H groups in total. The van der Waals surface area contributed by atoms with E-state index < -0.39 is 6.10 Å². The molecule has 4 nitrogen and oxygen atoms in total. The zero-order chi connectivity index (χ0) is 14.5. The quantitative estimate of drug-likeness (QED) is 0.909. The molecular weight excluding hydrogens is 252 g/mol. The molecule has 0 radical (unpaired) electrons. The Labute approximate surface area is 119 Å². The molecule has 0 aliphatic heterocycles. The minimum Gasteiger partial charge on any atom is -0.492 e. The molecule has 0 spiro atoms. The summed E-state index contributed by atoms with van der Waals surface area (Å²) in [5.74, 6) is 0.682. The molecule has 4 heteroatoms. The second-order valence-electron chi connectivity index (χ2n) is 4.83. The second kappa shape index (κ2) is 6.48. The lowest BCUT2D eigenvalue weighted by Gasteiger charge is -2.14. The monoisotopic (exact) mass is 272 g/mol. The summed E-state index contributed by atoms with van der Waals surface area (Å²) in [6.07, 6.45) is 3.52. The molecule has 1 unspecified atom stereocenters. The fraction of sp³-hybridized carbons (Fsp3) is 0.375. The number of rotatable bonds is 5. The Morgan fingerprint density at radius 3 is 2.75 bits per heavy atom. The molecule has 0 saturated heterocycles. The van der Waals surface area contributed by atoms with E-state index in [0.717, 1.165) is 23.4 Å². The van der Waals surface area contributed by atoms with Gasteiger partial charge in [0.05, 0.1) is 12.8 Å². The molecule has 106 valence electrons. The van der Waals surface area contributed by atoms with Crippen molar-refractivity contribution < 1.29 is 9.84 Å². The summed E-state index contributed by atoms with van der Waals surface area (Å²) in [4.78, 5) is 8.51. The molecule has 0 saturated carbocycles. The number of aliphatic hydroxyl groups is 1. The van der Waals surface area contributed by atoms with Gasteiger partial charge in [0.2, 0.25) is 0 Å². The molecule has 0 aromatic carbocycles. The van der Waals surface area contributed by atoms with Crippen LogP contribution in [0, 0.1) is 13.8 Å². The number of hydrogen-bond acceptors (Lipinski definition) is 4. The van der Waals surface area contributed by atoms with Crippen molar-refractivity contribution in [1.29, 1.82) is 0 Å². The van der Waals surface area contributed by atoms with Crippen LogP contribution in [0.15, 0.2) is 30.6 Å². The van der Waals surface area contributed by atoms with Gasteiger partial charge in [0.15, 0.2) is 0 Å². The molecule has 0 fully saturated rings. The largest absolute Gasteiger partial charge is 0.492 e.